The van der Waals surface area contributed by atoms with Gasteiger partial charge in [0.1, 0.15) is 11.3 Å². The summed E-state index contributed by atoms with van der Waals surface area (Å²) in [5, 5.41) is 2.57. The van der Waals surface area contributed by atoms with E-state index in [1.165, 1.54) is 6.07 Å². The molecule has 4 aromatic rings. The molecule has 0 fully saturated rings. The van der Waals surface area contributed by atoms with E-state index in [2.05, 4.69) is 0 Å². The average molecular weight is 301 g/mol. The zero-order valence-electron chi connectivity index (χ0n) is 12.7. The van der Waals surface area contributed by atoms with Crippen molar-refractivity contribution >= 4 is 27.4 Å². The number of hydrogen-bond donors (Lipinski definition) is 1. The van der Waals surface area contributed by atoms with Crippen molar-refractivity contribution in [1.29, 1.82) is 0 Å². The van der Waals surface area contributed by atoms with E-state index < -0.39 is 0 Å². The first-order valence-corrected chi connectivity index (χ1v) is 7.45. The van der Waals surface area contributed by atoms with Gasteiger partial charge < -0.3 is 10.2 Å². The number of aryl methyl sites for hydroxylation is 1. The first-order chi connectivity index (χ1) is 11.1. The van der Waals surface area contributed by atoms with E-state index in [4.69, 9.17) is 10.2 Å². The number of anilines is 1. The molecule has 4 rings (SSSR count). The first-order valence-electron chi connectivity index (χ1n) is 7.45. The third-order valence-electron chi connectivity index (χ3n) is 4.18. The van der Waals surface area contributed by atoms with Crippen molar-refractivity contribution in [3.8, 4) is 11.3 Å². The third kappa shape index (κ3) is 2.18. The van der Waals surface area contributed by atoms with Crippen molar-refractivity contribution in [3.05, 3.63) is 76.5 Å². The molecule has 0 aliphatic carbocycles. The molecule has 23 heavy (non-hydrogen) atoms. The normalized spacial score (nSPS) is 11.2. The van der Waals surface area contributed by atoms with Crippen LogP contribution in [0.25, 0.3) is 33.1 Å². The summed E-state index contributed by atoms with van der Waals surface area (Å²) >= 11 is 0. The molecule has 2 N–H and O–H groups in total. The quantitative estimate of drug-likeness (QED) is 0.416. The van der Waals surface area contributed by atoms with E-state index >= 15 is 0 Å². The summed E-state index contributed by atoms with van der Waals surface area (Å²) in [5.74, 6) is 0.533. The van der Waals surface area contributed by atoms with Gasteiger partial charge in [-0.05, 0) is 30.0 Å². The Labute approximate surface area is 133 Å². The Morgan fingerprint density at radius 1 is 0.913 bits per heavy atom. The van der Waals surface area contributed by atoms with E-state index in [0.717, 1.165) is 21.9 Å². The van der Waals surface area contributed by atoms with Gasteiger partial charge in [0.25, 0.3) is 0 Å². The molecule has 0 aliphatic rings. The molecule has 0 unspecified atom stereocenters. The SMILES string of the molecule is Cc1ccc(-c2cc(=O)c3ccc4ccccc4c3o2)cc1N. The Kier molecular flexibility index (Phi) is 2.95. The molecule has 1 aromatic heterocycles. The van der Waals surface area contributed by atoms with Crippen LogP contribution in [0.1, 0.15) is 5.56 Å². The maximum absolute atomic E-state index is 12.5. The van der Waals surface area contributed by atoms with Crippen molar-refractivity contribution in [2.75, 3.05) is 5.73 Å². The molecule has 0 radical (unpaired) electrons. The minimum absolute atomic E-state index is 0.0499. The second kappa shape index (κ2) is 4.99. The van der Waals surface area contributed by atoms with Gasteiger partial charge in [0.15, 0.2) is 5.43 Å². The van der Waals surface area contributed by atoms with Gasteiger partial charge in [-0.15, -0.1) is 0 Å². The maximum Gasteiger partial charge on any atom is 0.193 e. The van der Waals surface area contributed by atoms with Crippen LogP contribution >= 0.6 is 0 Å². The summed E-state index contributed by atoms with van der Waals surface area (Å²) in [6.07, 6.45) is 0. The largest absolute Gasteiger partial charge is 0.455 e. The van der Waals surface area contributed by atoms with Crippen molar-refractivity contribution < 1.29 is 4.42 Å². The smallest absolute Gasteiger partial charge is 0.193 e. The van der Waals surface area contributed by atoms with Gasteiger partial charge in [-0.2, -0.15) is 0 Å². The summed E-state index contributed by atoms with van der Waals surface area (Å²) < 4.78 is 6.08. The summed E-state index contributed by atoms with van der Waals surface area (Å²) in [6.45, 7) is 1.95. The van der Waals surface area contributed by atoms with Gasteiger partial charge in [-0.25, -0.2) is 0 Å². The monoisotopic (exact) mass is 301 g/mol. The molecular formula is C20H15NO2. The van der Waals surface area contributed by atoms with Crippen LogP contribution in [0, 0.1) is 6.92 Å². The lowest BCUT2D eigenvalue weighted by Gasteiger charge is -2.07. The Morgan fingerprint density at radius 2 is 1.74 bits per heavy atom. The number of nitrogen functional groups attached to an aromatic ring is 1. The highest BCUT2D eigenvalue weighted by Crippen LogP contribution is 2.29. The molecule has 3 heteroatoms. The topological polar surface area (TPSA) is 56.2 Å². The van der Waals surface area contributed by atoms with E-state index in [1.807, 2.05) is 61.5 Å². The van der Waals surface area contributed by atoms with Crippen LogP contribution in [0.3, 0.4) is 0 Å². The fourth-order valence-corrected chi connectivity index (χ4v) is 2.82. The molecule has 3 nitrogen and oxygen atoms in total. The Bertz CT molecular complexity index is 1110. The zero-order valence-corrected chi connectivity index (χ0v) is 12.7. The Balaban J connectivity index is 2.07. The Morgan fingerprint density at radius 3 is 2.57 bits per heavy atom. The maximum atomic E-state index is 12.5. The summed E-state index contributed by atoms with van der Waals surface area (Å²) in [4.78, 5) is 12.5. The van der Waals surface area contributed by atoms with Crippen molar-refractivity contribution in [2.24, 2.45) is 0 Å². The van der Waals surface area contributed by atoms with Gasteiger partial charge in [0, 0.05) is 22.7 Å². The van der Waals surface area contributed by atoms with Crippen LogP contribution in [0.15, 0.2) is 69.9 Å². The molecule has 0 spiro atoms. The first kappa shape index (κ1) is 13.6. The van der Waals surface area contributed by atoms with Crippen LogP contribution in [-0.4, -0.2) is 0 Å². The van der Waals surface area contributed by atoms with Crippen molar-refractivity contribution in [2.45, 2.75) is 6.92 Å². The number of nitrogens with two attached hydrogens (primary N) is 1. The summed E-state index contributed by atoms with van der Waals surface area (Å²) in [7, 11) is 0. The fourth-order valence-electron chi connectivity index (χ4n) is 2.82. The fraction of sp³-hybridized carbons (Fsp3) is 0.0500. The van der Waals surface area contributed by atoms with E-state index in [9.17, 15) is 4.79 Å². The predicted octanol–water partition coefficient (Wildman–Crippen LogP) is 4.50. The van der Waals surface area contributed by atoms with E-state index in [0.29, 0.717) is 22.4 Å². The minimum Gasteiger partial charge on any atom is -0.455 e. The lowest BCUT2D eigenvalue weighted by atomic mass is 10.0. The minimum atomic E-state index is -0.0499. The van der Waals surface area contributed by atoms with Crippen molar-refractivity contribution in [3.63, 3.8) is 0 Å². The van der Waals surface area contributed by atoms with Gasteiger partial charge in [0.2, 0.25) is 0 Å². The number of fused-ring (bicyclic) bond motifs is 3. The lowest BCUT2D eigenvalue weighted by Crippen LogP contribution is -2.01. The summed E-state index contributed by atoms with van der Waals surface area (Å²) in [5.41, 5.74) is 9.04. The Hall–Kier alpha value is -3.07. The lowest BCUT2D eigenvalue weighted by molar-refractivity contribution is 0.622. The van der Waals surface area contributed by atoms with Gasteiger partial charge in [-0.1, -0.05) is 42.5 Å². The van der Waals surface area contributed by atoms with Crippen LogP contribution in [0.4, 0.5) is 5.69 Å². The molecular weight excluding hydrogens is 286 g/mol. The highest BCUT2D eigenvalue weighted by molar-refractivity contribution is 6.04. The molecule has 0 atom stereocenters. The molecule has 1 heterocycles. The van der Waals surface area contributed by atoms with Crippen LogP contribution < -0.4 is 11.2 Å². The highest BCUT2D eigenvalue weighted by Gasteiger charge is 2.10. The second-order valence-electron chi connectivity index (χ2n) is 5.71. The molecule has 3 aromatic carbocycles. The van der Waals surface area contributed by atoms with Gasteiger partial charge >= 0.3 is 0 Å². The molecule has 0 aliphatic heterocycles. The van der Waals surface area contributed by atoms with Gasteiger partial charge in [-0.3, -0.25) is 4.79 Å². The number of benzene rings is 3. The average Bonchev–Trinajstić information content (AvgIpc) is 2.57. The predicted molar refractivity (Wildman–Crippen MR) is 94.6 cm³/mol. The van der Waals surface area contributed by atoms with Crippen LogP contribution in [0.2, 0.25) is 0 Å². The molecule has 112 valence electrons. The molecule has 0 saturated carbocycles. The van der Waals surface area contributed by atoms with Crippen molar-refractivity contribution in [1.82, 2.24) is 0 Å². The zero-order chi connectivity index (χ0) is 16.0. The highest BCUT2D eigenvalue weighted by atomic mass is 16.3. The van der Waals surface area contributed by atoms with Crippen LogP contribution in [-0.2, 0) is 0 Å². The van der Waals surface area contributed by atoms with Gasteiger partial charge in [0.05, 0.1) is 5.39 Å². The number of hydrogen-bond acceptors (Lipinski definition) is 3. The second-order valence-corrected chi connectivity index (χ2v) is 5.71. The number of rotatable bonds is 1. The molecule has 0 amide bonds. The summed E-state index contributed by atoms with van der Waals surface area (Å²) in [6, 6.07) is 18.9. The van der Waals surface area contributed by atoms with E-state index in [1.54, 1.807) is 0 Å². The van der Waals surface area contributed by atoms with Crippen LogP contribution in [0.5, 0.6) is 0 Å². The van der Waals surface area contributed by atoms with E-state index in [-0.39, 0.29) is 5.43 Å². The molecule has 0 saturated heterocycles. The standard InChI is InChI=1S/C20H15NO2/c1-12-6-7-14(10-17(12)21)19-11-18(22)16-9-8-13-4-2-3-5-15(13)20(16)23-19/h2-11H,21H2,1H3. The molecule has 0 bridgehead atoms. The third-order valence-corrected chi connectivity index (χ3v) is 4.18.